The molecule has 0 spiro atoms. The molecule has 0 unspecified atom stereocenters. The van der Waals surface area contributed by atoms with E-state index in [1.54, 1.807) is 17.0 Å². The van der Waals surface area contributed by atoms with Gasteiger partial charge in [-0.2, -0.15) is 4.31 Å². The number of hydrogen-bond acceptors (Lipinski definition) is 6. The van der Waals surface area contributed by atoms with E-state index in [9.17, 15) is 13.2 Å². The molecule has 0 aliphatic carbocycles. The number of carbonyl (C=O) groups excluding carboxylic acids is 1. The van der Waals surface area contributed by atoms with Crippen molar-refractivity contribution in [2.45, 2.75) is 31.7 Å². The van der Waals surface area contributed by atoms with Crippen molar-refractivity contribution >= 4 is 21.6 Å². The van der Waals surface area contributed by atoms with Crippen LogP contribution in [0.1, 0.15) is 31.1 Å². The first kappa shape index (κ1) is 24.9. The fraction of sp³-hybridized carbons (Fsp3) is 0.458. The standard InChI is InChI=1S/C24H33N3O5S/c1-6-27(18(2)3)20-9-7-19(8-10-20)24(28)25-13-15-26(16-14-25)33(29,30)23-17-21(31-4)11-12-22(23)32-5/h7-12,17-18H,6,13-16H2,1-5H3. The summed E-state index contributed by atoms with van der Waals surface area (Å²) >= 11 is 0. The molecule has 2 aromatic carbocycles. The van der Waals surface area contributed by atoms with Crippen molar-refractivity contribution < 1.29 is 22.7 Å². The zero-order valence-corrected chi connectivity index (χ0v) is 20.8. The Labute approximate surface area is 196 Å². The SMILES string of the molecule is CCN(c1ccc(C(=O)N2CCN(S(=O)(=O)c3cc(OC)ccc3OC)CC2)cc1)C(C)C. The van der Waals surface area contributed by atoms with E-state index in [4.69, 9.17) is 9.47 Å². The maximum atomic E-state index is 13.2. The Balaban J connectivity index is 1.70. The Morgan fingerprint density at radius 2 is 1.64 bits per heavy atom. The van der Waals surface area contributed by atoms with E-state index < -0.39 is 10.0 Å². The predicted molar refractivity (Wildman–Crippen MR) is 129 cm³/mol. The molecule has 1 fully saturated rings. The zero-order chi connectivity index (χ0) is 24.2. The van der Waals surface area contributed by atoms with Crippen LogP contribution in [0, 0.1) is 0 Å². The number of nitrogens with zero attached hydrogens (tertiary/aromatic N) is 3. The van der Waals surface area contributed by atoms with Crippen LogP contribution in [0.2, 0.25) is 0 Å². The quantitative estimate of drug-likeness (QED) is 0.584. The van der Waals surface area contributed by atoms with Gasteiger partial charge in [-0.15, -0.1) is 0 Å². The predicted octanol–water partition coefficient (Wildman–Crippen LogP) is 3.09. The van der Waals surface area contributed by atoms with Crippen molar-refractivity contribution in [2.75, 3.05) is 51.8 Å². The summed E-state index contributed by atoms with van der Waals surface area (Å²) in [6.07, 6.45) is 0. The van der Waals surface area contributed by atoms with E-state index in [0.29, 0.717) is 30.4 Å². The van der Waals surface area contributed by atoms with Crippen LogP contribution >= 0.6 is 0 Å². The Morgan fingerprint density at radius 1 is 1.00 bits per heavy atom. The average Bonchev–Trinajstić information content (AvgIpc) is 2.84. The van der Waals surface area contributed by atoms with Gasteiger partial charge in [0.25, 0.3) is 5.91 Å². The number of methoxy groups -OCH3 is 2. The van der Waals surface area contributed by atoms with E-state index in [2.05, 4.69) is 25.7 Å². The van der Waals surface area contributed by atoms with Gasteiger partial charge in [-0.1, -0.05) is 0 Å². The average molecular weight is 476 g/mol. The number of rotatable bonds is 8. The van der Waals surface area contributed by atoms with Gasteiger partial charge in [-0.05, 0) is 57.2 Å². The van der Waals surface area contributed by atoms with Crippen LogP contribution in [-0.4, -0.2) is 76.5 Å². The summed E-state index contributed by atoms with van der Waals surface area (Å²) < 4.78 is 38.3. The molecule has 1 amide bonds. The number of anilines is 1. The Kier molecular flexibility index (Phi) is 7.86. The van der Waals surface area contributed by atoms with Gasteiger partial charge in [0.15, 0.2) is 0 Å². The van der Waals surface area contributed by atoms with E-state index in [-0.39, 0.29) is 29.6 Å². The van der Waals surface area contributed by atoms with E-state index in [1.165, 1.54) is 24.6 Å². The molecule has 0 aromatic heterocycles. The highest BCUT2D eigenvalue weighted by atomic mass is 32.2. The van der Waals surface area contributed by atoms with Gasteiger partial charge in [0.2, 0.25) is 10.0 Å². The lowest BCUT2D eigenvalue weighted by atomic mass is 10.1. The molecular weight excluding hydrogens is 442 g/mol. The Bertz CT molecular complexity index is 1060. The smallest absolute Gasteiger partial charge is 0.253 e. The molecule has 3 rings (SSSR count). The normalized spacial score (nSPS) is 14.9. The summed E-state index contributed by atoms with van der Waals surface area (Å²) in [5.41, 5.74) is 1.68. The molecule has 9 heteroatoms. The zero-order valence-electron chi connectivity index (χ0n) is 19.9. The van der Waals surface area contributed by atoms with E-state index in [1.807, 2.05) is 24.3 Å². The monoisotopic (exact) mass is 475 g/mol. The Morgan fingerprint density at radius 3 is 2.15 bits per heavy atom. The van der Waals surface area contributed by atoms with Gasteiger partial charge in [-0.25, -0.2) is 8.42 Å². The summed E-state index contributed by atoms with van der Waals surface area (Å²) in [5, 5.41) is 0. The second-order valence-corrected chi connectivity index (χ2v) is 10.0. The third kappa shape index (κ3) is 5.25. The molecule has 1 saturated heterocycles. The number of benzene rings is 2. The van der Waals surface area contributed by atoms with Crippen LogP contribution in [-0.2, 0) is 10.0 Å². The lowest BCUT2D eigenvalue weighted by molar-refractivity contribution is 0.0698. The van der Waals surface area contributed by atoms with Gasteiger partial charge in [-0.3, -0.25) is 4.79 Å². The first-order chi connectivity index (χ1) is 15.7. The van der Waals surface area contributed by atoms with Crippen LogP contribution in [0.15, 0.2) is 47.4 Å². The third-order valence-electron chi connectivity index (χ3n) is 5.92. The molecule has 8 nitrogen and oxygen atoms in total. The van der Waals surface area contributed by atoms with Crippen LogP contribution in [0.4, 0.5) is 5.69 Å². The molecule has 1 aliphatic rings. The number of hydrogen-bond donors (Lipinski definition) is 0. The first-order valence-corrected chi connectivity index (χ1v) is 12.5. The summed E-state index contributed by atoms with van der Waals surface area (Å²) in [7, 11) is -0.875. The number of piperazine rings is 1. The molecule has 180 valence electrons. The molecule has 0 atom stereocenters. The molecule has 2 aromatic rings. The van der Waals surface area contributed by atoms with Crippen LogP contribution in [0.3, 0.4) is 0 Å². The number of sulfonamides is 1. The minimum Gasteiger partial charge on any atom is -0.497 e. The molecule has 1 heterocycles. The molecule has 0 bridgehead atoms. The summed E-state index contributed by atoms with van der Waals surface area (Å²) in [6.45, 7) is 8.33. The molecule has 33 heavy (non-hydrogen) atoms. The molecule has 0 radical (unpaired) electrons. The summed E-state index contributed by atoms with van der Waals surface area (Å²) in [4.78, 5) is 17.0. The fourth-order valence-electron chi connectivity index (χ4n) is 4.08. The molecule has 0 N–H and O–H groups in total. The van der Waals surface area contributed by atoms with Crippen molar-refractivity contribution in [3.8, 4) is 11.5 Å². The minimum atomic E-state index is -3.79. The maximum absolute atomic E-state index is 13.2. The van der Waals surface area contributed by atoms with E-state index >= 15 is 0 Å². The van der Waals surface area contributed by atoms with E-state index in [0.717, 1.165) is 12.2 Å². The first-order valence-electron chi connectivity index (χ1n) is 11.1. The van der Waals surface area contributed by atoms with Gasteiger partial charge in [0.05, 0.1) is 14.2 Å². The van der Waals surface area contributed by atoms with Crippen molar-refractivity contribution in [1.82, 2.24) is 9.21 Å². The highest BCUT2D eigenvalue weighted by Crippen LogP contribution is 2.31. The minimum absolute atomic E-state index is 0.0605. The van der Waals surface area contributed by atoms with Crippen molar-refractivity contribution in [1.29, 1.82) is 0 Å². The number of carbonyl (C=O) groups is 1. The van der Waals surface area contributed by atoms with Crippen LogP contribution < -0.4 is 14.4 Å². The molecular formula is C24H33N3O5S. The highest BCUT2D eigenvalue weighted by molar-refractivity contribution is 7.89. The lowest BCUT2D eigenvalue weighted by Gasteiger charge is -2.34. The summed E-state index contributed by atoms with van der Waals surface area (Å²) in [6, 6.07) is 12.7. The van der Waals surface area contributed by atoms with Gasteiger partial charge >= 0.3 is 0 Å². The third-order valence-corrected chi connectivity index (χ3v) is 7.84. The Hall–Kier alpha value is -2.78. The van der Waals surface area contributed by atoms with Crippen molar-refractivity contribution in [3.63, 3.8) is 0 Å². The second kappa shape index (κ2) is 10.4. The second-order valence-electron chi connectivity index (χ2n) is 8.14. The molecule has 0 saturated carbocycles. The number of ether oxygens (including phenoxy) is 2. The highest BCUT2D eigenvalue weighted by Gasteiger charge is 2.32. The van der Waals surface area contributed by atoms with Crippen LogP contribution in [0.25, 0.3) is 0 Å². The van der Waals surface area contributed by atoms with Gasteiger partial charge < -0.3 is 19.3 Å². The topological polar surface area (TPSA) is 79.4 Å². The maximum Gasteiger partial charge on any atom is 0.253 e. The molecule has 1 aliphatic heterocycles. The number of amides is 1. The van der Waals surface area contributed by atoms with Crippen molar-refractivity contribution in [2.24, 2.45) is 0 Å². The van der Waals surface area contributed by atoms with Gasteiger partial charge in [0, 0.05) is 56.1 Å². The van der Waals surface area contributed by atoms with Crippen LogP contribution in [0.5, 0.6) is 11.5 Å². The van der Waals surface area contributed by atoms with Gasteiger partial charge in [0.1, 0.15) is 16.4 Å². The largest absolute Gasteiger partial charge is 0.497 e. The fourth-order valence-corrected chi connectivity index (χ4v) is 5.67. The lowest BCUT2D eigenvalue weighted by Crippen LogP contribution is -2.50. The van der Waals surface area contributed by atoms with Crippen molar-refractivity contribution in [3.05, 3.63) is 48.0 Å². The summed E-state index contributed by atoms with van der Waals surface area (Å²) in [5.74, 6) is 0.604.